The van der Waals surface area contributed by atoms with E-state index in [4.69, 9.17) is 26.8 Å². The third kappa shape index (κ3) is 3.48. The van der Waals surface area contributed by atoms with Gasteiger partial charge in [-0.2, -0.15) is 4.68 Å². The molecule has 6 nitrogen and oxygen atoms in total. The van der Waals surface area contributed by atoms with E-state index >= 15 is 0 Å². The van der Waals surface area contributed by atoms with Crippen molar-refractivity contribution in [3.8, 4) is 10.7 Å². The Labute approximate surface area is 150 Å². The Bertz CT molecular complexity index is 713. The zero-order valence-corrected chi connectivity index (χ0v) is 15.3. The van der Waals surface area contributed by atoms with Crippen molar-refractivity contribution in [1.82, 2.24) is 14.3 Å². The third-order valence-electron chi connectivity index (χ3n) is 4.65. The van der Waals surface area contributed by atoms with Gasteiger partial charge in [-0.15, -0.1) is 16.4 Å². The Balaban J connectivity index is 1.63. The molecular weight excluding hydrogens is 344 g/mol. The molecule has 0 amide bonds. The number of hydrogen-bond acceptors (Lipinski definition) is 5. The van der Waals surface area contributed by atoms with E-state index < -0.39 is 0 Å². The van der Waals surface area contributed by atoms with Gasteiger partial charge in [-0.05, 0) is 36.5 Å². The van der Waals surface area contributed by atoms with Gasteiger partial charge in [0.15, 0.2) is 12.5 Å². The first kappa shape index (κ1) is 16.4. The van der Waals surface area contributed by atoms with E-state index in [1.165, 1.54) is 4.90 Å². The van der Waals surface area contributed by atoms with Gasteiger partial charge < -0.3 is 14.4 Å². The molecule has 130 valence electrons. The fraction of sp³-hybridized carbons (Fsp3) is 0.625. The maximum atomic E-state index is 5.82. The second kappa shape index (κ2) is 7.45. The van der Waals surface area contributed by atoms with Crippen LogP contribution < -0.4 is 4.90 Å². The second-order valence-electron chi connectivity index (χ2n) is 6.35. The number of morpholine rings is 1. The molecule has 0 saturated carbocycles. The van der Waals surface area contributed by atoms with Gasteiger partial charge in [-0.25, -0.2) is 0 Å². The quantitative estimate of drug-likeness (QED) is 0.807. The number of hydrogen-bond donors (Lipinski definition) is 1. The highest BCUT2D eigenvalue weighted by atomic mass is 32.1. The average Bonchev–Trinajstić information content (AvgIpc) is 3.34. The topological polar surface area (TPSA) is 45.7 Å². The molecule has 0 aromatic carbocycles. The molecule has 2 aromatic rings. The van der Waals surface area contributed by atoms with Crippen molar-refractivity contribution in [3.05, 3.63) is 22.3 Å². The molecule has 0 spiro atoms. The average molecular weight is 368 g/mol. The highest BCUT2D eigenvalue weighted by Gasteiger charge is 2.23. The highest BCUT2D eigenvalue weighted by Crippen LogP contribution is 2.25. The highest BCUT2D eigenvalue weighted by molar-refractivity contribution is 7.71. The fourth-order valence-electron chi connectivity index (χ4n) is 3.32. The normalized spacial score (nSPS) is 22.2. The minimum Gasteiger partial charge on any atom is -0.376 e. The first-order valence-electron chi connectivity index (χ1n) is 8.56. The van der Waals surface area contributed by atoms with Gasteiger partial charge in [0, 0.05) is 6.61 Å². The van der Waals surface area contributed by atoms with Gasteiger partial charge in [0.2, 0.25) is 4.77 Å². The van der Waals surface area contributed by atoms with Crippen molar-refractivity contribution in [2.75, 3.05) is 32.9 Å². The smallest absolute Gasteiger partial charge is 0.203 e. The predicted molar refractivity (Wildman–Crippen MR) is 94.9 cm³/mol. The molecule has 0 unspecified atom stereocenters. The maximum absolute atomic E-state index is 5.82. The summed E-state index contributed by atoms with van der Waals surface area (Å²) in [7, 11) is 0. The fourth-order valence-corrected chi connectivity index (χ4v) is 4.30. The predicted octanol–water partition coefficient (Wildman–Crippen LogP) is 1.19. The lowest BCUT2D eigenvalue weighted by Crippen LogP contribution is -3.13. The van der Waals surface area contributed by atoms with Crippen LogP contribution in [0.1, 0.15) is 12.8 Å². The van der Waals surface area contributed by atoms with Crippen LogP contribution in [0.5, 0.6) is 0 Å². The molecule has 8 heteroatoms. The van der Waals surface area contributed by atoms with Crippen molar-refractivity contribution in [3.63, 3.8) is 0 Å². The van der Waals surface area contributed by atoms with Crippen LogP contribution in [-0.4, -0.2) is 53.4 Å². The molecule has 2 aromatic heterocycles. The van der Waals surface area contributed by atoms with Crippen molar-refractivity contribution in [2.24, 2.45) is 0 Å². The summed E-state index contributed by atoms with van der Waals surface area (Å²) in [6, 6.07) is 4.17. The van der Waals surface area contributed by atoms with Gasteiger partial charge in [0.05, 0.1) is 30.7 Å². The number of rotatable bonds is 5. The lowest BCUT2D eigenvalue weighted by molar-refractivity contribution is -0.930. The Hall–Kier alpha value is -1.06. The van der Waals surface area contributed by atoms with Crippen LogP contribution in [0.25, 0.3) is 10.7 Å². The van der Waals surface area contributed by atoms with Crippen LogP contribution in [0.3, 0.4) is 0 Å². The lowest BCUT2D eigenvalue weighted by atomic mass is 10.2. The number of nitrogens with zero attached hydrogens (tertiary/aromatic N) is 3. The summed E-state index contributed by atoms with van der Waals surface area (Å²) in [5.74, 6) is 0.971. The molecule has 2 aliphatic heterocycles. The van der Waals surface area contributed by atoms with E-state index in [2.05, 4.69) is 22.1 Å². The van der Waals surface area contributed by atoms with Gasteiger partial charge in [-0.1, -0.05) is 6.07 Å². The van der Waals surface area contributed by atoms with Crippen LogP contribution in [0.15, 0.2) is 17.5 Å². The third-order valence-corrected chi connectivity index (χ3v) is 5.94. The van der Waals surface area contributed by atoms with Crippen LogP contribution in [0, 0.1) is 4.77 Å². The number of ether oxygens (including phenoxy) is 2. The summed E-state index contributed by atoms with van der Waals surface area (Å²) < 4.78 is 16.2. The molecular formula is C16H23N4O2S2+. The molecule has 4 rings (SSSR count). The summed E-state index contributed by atoms with van der Waals surface area (Å²) in [6.45, 7) is 6.11. The van der Waals surface area contributed by atoms with E-state index in [1.54, 1.807) is 11.3 Å². The van der Waals surface area contributed by atoms with Gasteiger partial charge in [-0.3, -0.25) is 4.57 Å². The minimum absolute atomic E-state index is 0.254. The first-order chi connectivity index (χ1) is 11.8. The summed E-state index contributed by atoms with van der Waals surface area (Å²) in [5.41, 5.74) is 0. The van der Waals surface area contributed by atoms with E-state index in [0.29, 0.717) is 0 Å². The summed E-state index contributed by atoms with van der Waals surface area (Å²) in [4.78, 5) is 2.63. The Morgan fingerprint density at radius 1 is 1.33 bits per heavy atom. The maximum Gasteiger partial charge on any atom is 0.203 e. The van der Waals surface area contributed by atoms with Crippen LogP contribution in [0.2, 0.25) is 0 Å². The van der Waals surface area contributed by atoms with Gasteiger partial charge in [0.25, 0.3) is 0 Å². The zero-order chi connectivity index (χ0) is 16.4. The number of thiophene rings is 1. The van der Waals surface area contributed by atoms with Crippen LogP contribution in [-0.2, 0) is 22.7 Å². The standard InChI is InChI=1S/C16H22N4O2S2/c23-16-19(11-13-3-1-7-22-13)15(14-4-2-10-24-14)17-20(16)12-18-5-8-21-9-6-18/h2,4,10,13H,1,3,5-9,11-12H2/p+1/t13-/m1/s1. The van der Waals surface area contributed by atoms with Crippen molar-refractivity contribution < 1.29 is 14.4 Å². The van der Waals surface area contributed by atoms with Crippen molar-refractivity contribution >= 4 is 23.6 Å². The molecule has 0 aliphatic carbocycles. The largest absolute Gasteiger partial charge is 0.376 e. The molecule has 4 heterocycles. The number of nitrogens with one attached hydrogen (secondary N) is 1. The van der Waals surface area contributed by atoms with E-state index in [0.717, 1.165) is 74.4 Å². The van der Waals surface area contributed by atoms with Gasteiger partial charge in [0.1, 0.15) is 13.1 Å². The zero-order valence-electron chi connectivity index (χ0n) is 13.6. The SMILES string of the molecule is S=c1n(C[NH+]2CCOCC2)nc(-c2cccs2)n1C[C@H]1CCCO1. The van der Waals surface area contributed by atoms with Crippen molar-refractivity contribution in [1.29, 1.82) is 0 Å². The summed E-state index contributed by atoms with van der Waals surface area (Å²) in [6.07, 6.45) is 2.49. The molecule has 0 bridgehead atoms. The number of quaternary nitrogens is 1. The van der Waals surface area contributed by atoms with E-state index in [1.807, 2.05) is 4.68 Å². The van der Waals surface area contributed by atoms with Crippen LogP contribution >= 0.6 is 23.6 Å². The monoisotopic (exact) mass is 367 g/mol. The Kier molecular flexibility index (Phi) is 5.09. The number of aromatic nitrogens is 3. The van der Waals surface area contributed by atoms with Gasteiger partial charge >= 0.3 is 0 Å². The molecule has 1 atom stereocenters. The van der Waals surface area contributed by atoms with Crippen molar-refractivity contribution in [2.45, 2.75) is 32.2 Å². The molecule has 24 heavy (non-hydrogen) atoms. The van der Waals surface area contributed by atoms with Crippen LogP contribution in [0.4, 0.5) is 0 Å². The summed E-state index contributed by atoms with van der Waals surface area (Å²) >= 11 is 7.46. The Morgan fingerprint density at radius 2 is 2.21 bits per heavy atom. The lowest BCUT2D eigenvalue weighted by Gasteiger charge is -2.23. The molecule has 2 saturated heterocycles. The molecule has 0 radical (unpaired) electrons. The molecule has 2 aliphatic rings. The summed E-state index contributed by atoms with van der Waals surface area (Å²) in [5, 5.41) is 6.94. The first-order valence-corrected chi connectivity index (χ1v) is 9.84. The van der Waals surface area contributed by atoms with E-state index in [-0.39, 0.29) is 6.10 Å². The molecule has 2 fully saturated rings. The minimum atomic E-state index is 0.254. The molecule has 1 N–H and O–H groups in total. The van der Waals surface area contributed by atoms with E-state index in [9.17, 15) is 0 Å². The second-order valence-corrected chi connectivity index (χ2v) is 7.66. The Morgan fingerprint density at radius 3 is 2.92 bits per heavy atom.